The first kappa shape index (κ1) is 17.7. The van der Waals surface area contributed by atoms with E-state index in [-0.39, 0.29) is 11.5 Å². The van der Waals surface area contributed by atoms with Crippen LogP contribution in [0.4, 0.5) is 0 Å². The monoisotopic (exact) mass is 362 g/mol. The molecule has 0 aliphatic carbocycles. The van der Waals surface area contributed by atoms with Crippen molar-refractivity contribution in [1.82, 2.24) is 19.9 Å². The number of rotatable bonds is 3. The molecule has 0 radical (unpaired) electrons. The molecule has 0 fully saturated rings. The van der Waals surface area contributed by atoms with E-state index in [4.69, 9.17) is 0 Å². The molecule has 0 amide bonds. The van der Waals surface area contributed by atoms with Gasteiger partial charge in [-0.05, 0) is 28.7 Å². The predicted molar refractivity (Wildman–Crippen MR) is 106 cm³/mol. The van der Waals surface area contributed by atoms with Gasteiger partial charge >= 0.3 is 0 Å². The van der Waals surface area contributed by atoms with Crippen molar-refractivity contribution in [3.63, 3.8) is 0 Å². The average molecular weight is 362 g/mol. The molecule has 5 nitrogen and oxygen atoms in total. The molecule has 1 aromatic carbocycles. The number of benzene rings is 1. The number of pyridine rings is 1. The minimum absolute atomic E-state index is 0.0562. The zero-order valence-corrected chi connectivity index (χ0v) is 16.1. The summed E-state index contributed by atoms with van der Waals surface area (Å²) in [5.41, 5.74) is 5.28. The number of aromatic amines is 1. The van der Waals surface area contributed by atoms with Crippen molar-refractivity contribution in [2.24, 2.45) is 0 Å². The lowest BCUT2D eigenvalue weighted by atomic mass is 9.85. The number of imidazole rings is 1. The Labute approximate surface area is 160 Å². The van der Waals surface area contributed by atoms with E-state index < -0.39 is 0 Å². The van der Waals surface area contributed by atoms with Crippen molar-refractivity contribution in [2.45, 2.75) is 45.2 Å². The molecular weight excluding hydrogens is 336 g/mol. The number of phenolic OH excluding ortho intramolecular Hbond substituents is 1. The maximum atomic E-state index is 10.9. The largest absolute Gasteiger partial charge is 0.507 e. The van der Waals surface area contributed by atoms with Crippen LogP contribution in [0.1, 0.15) is 54.9 Å². The average Bonchev–Trinajstić information content (AvgIpc) is 3.11. The summed E-state index contributed by atoms with van der Waals surface area (Å²) in [7, 11) is 0. The van der Waals surface area contributed by atoms with Crippen LogP contribution >= 0.6 is 0 Å². The molecule has 2 N–H and O–H groups in total. The number of aromatic nitrogens is 3. The smallest absolute Gasteiger partial charge is 0.123 e. The third-order valence-corrected chi connectivity index (χ3v) is 5.35. The Bertz CT molecular complexity index is 927. The highest BCUT2D eigenvalue weighted by atomic mass is 16.3. The van der Waals surface area contributed by atoms with Crippen LogP contribution in [0.15, 0.2) is 49.1 Å². The van der Waals surface area contributed by atoms with Crippen LogP contribution < -0.4 is 0 Å². The quantitative estimate of drug-likeness (QED) is 0.740. The van der Waals surface area contributed by atoms with Crippen LogP contribution in [-0.4, -0.2) is 31.5 Å². The number of aromatic hydroxyl groups is 1. The van der Waals surface area contributed by atoms with Gasteiger partial charge in [-0.2, -0.15) is 0 Å². The Hall–Kier alpha value is -2.66. The van der Waals surface area contributed by atoms with Gasteiger partial charge in [0.2, 0.25) is 0 Å². The molecule has 0 saturated heterocycles. The molecule has 1 aliphatic rings. The molecule has 2 aromatic heterocycles. The highest BCUT2D eigenvalue weighted by Gasteiger charge is 2.32. The molecule has 4 rings (SSSR count). The van der Waals surface area contributed by atoms with Crippen molar-refractivity contribution in [3.05, 3.63) is 77.1 Å². The van der Waals surface area contributed by atoms with Gasteiger partial charge in [-0.3, -0.25) is 9.88 Å². The van der Waals surface area contributed by atoms with Crippen molar-refractivity contribution in [1.29, 1.82) is 0 Å². The van der Waals surface area contributed by atoms with Crippen LogP contribution in [0.2, 0.25) is 0 Å². The maximum Gasteiger partial charge on any atom is 0.123 e. The van der Waals surface area contributed by atoms with Gasteiger partial charge in [0.15, 0.2) is 0 Å². The van der Waals surface area contributed by atoms with Crippen molar-refractivity contribution < 1.29 is 5.11 Å². The standard InChI is InChI=1S/C22H26N4O/c1-22(2,3)17-6-4-5-16(21(17)27)13-26-12-9-18-19(25-14-24-18)20(26)15-7-10-23-11-8-15/h4-8,10-11,14,20,27H,9,12-13H2,1-3H3,(H,24,25)/t20-/m0/s1. The van der Waals surface area contributed by atoms with Gasteiger partial charge in [-0.15, -0.1) is 0 Å². The first-order chi connectivity index (χ1) is 12.9. The topological polar surface area (TPSA) is 65.0 Å². The summed E-state index contributed by atoms with van der Waals surface area (Å²) in [6.45, 7) is 7.96. The molecule has 0 spiro atoms. The van der Waals surface area contributed by atoms with Crippen molar-refractivity contribution >= 4 is 0 Å². The summed E-state index contributed by atoms with van der Waals surface area (Å²) in [6.07, 6.45) is 6.36. The summed E-state index contributed by atoms with van der Waals surface area (Å²) in [5, 5.41) is 10.9. The number of nitrogens with one attached hydrogen (secondary N) is 1. The lowest BCUT2D eigenvalue weighted by Crippen LogP contribution is -2.36. The normalized spacial score (nSPS) is 17.7. The molecule has 0 bridgehead atoms. The van der Waals surface area contributed by atoms with Gasteiger partial charge in [0.25, 0.3) is 0 Å². The van der Waals surface area contributed by atoms with E-state index in [0.717, 1.165) is 29.8 Å². The first-order valence-electron chi connectivity index (χ1n) is 9.42. The fourth-order valence-electron chi connectivity index (χ4n) is 3.95. The van der Waals surface area contributed by atoms with Gasteiger partial charge in [-0.25, -0.2) is 4.98 Å². The molecular formula is C22H26N4O. The zero-order valence-electron chi connectivity index (χ0n) is 16.1. The molecule has 3 aromatic rings. The lowest BCUT2D eigenvalue weighted by Gasteiger charge is -2.35. The highest BCUT2D eigenvalue weighted by Crippen LogP contribution is 2.37. The molecule has 5 heteroatoms. The molecule has 1 aliphatic heterocycles. The minimum Gasteiger partial charge on any atom is -0.507 e. The third kappa shape index (κ3) is 3.35. The summed E-state index contributed by atoms with van der Waals surface area (Å²) in [5.74, 6) is 0.409. The second-order valence-corrected chi connectivity index (χ2v) is 8.23. The molecule has 27 heavy (non-hydrogen) atoms. The van der Waals surface area contributed by atoms with E-state index in [0.29, 0.717) is 12.3 Å². The Morgan fingerprint density at radius 3 is 2.70 bits per heavy atom. The fourth-order valence-corrected chi connectivity index (χ4v) is 3.95. The lowest BCUT2D eigenvalue weighted by molar-refractivity contribution is 0.198. The van der Waals surface area contributed by atoms with Gasteiger partial charge in [0.05, 0.1) is 18.1 Å². The van der Waals surface area contributed by atoms with Gasteiger partial charge in [0, 0.05) is 43.2 Å². The van der Waals surface area contributed by atoms with E-state index in [1.165, 1.54) is 11.3 Å². The third-order valence-electron chi connectivity index (χ3n) is 5.35. The minimum atomic E-state index is -0.0954. The predicted octanol–water partition coefficient (Wildman–Crippen LogP) is 3.96. The van der Waals surface area contributed by atoms with E-state index in [2.05, 4.69) is 40.6 Å². The second kappa shape index (κ2) is 6.82. The second-order valence-electron chi connectivity index (χ2n) is 8.23. The molecule has 140 valence electrons. The van der Waals surface area contributed by atoms with Gasteiger partial charge in [0.1, 0.15) is 5.75 Å². The van der Waals surface area contributed by atoms with Crippen LogP contribution in [0.5, 0.6) is 5.75 Å². The first-order valence-corrected chi connectivity index (χ1v) is 9.42. The van der Waals surface area contributed by atoms with Crippen LogP contribution in [-0.2, 0) is 18.4 Å². The Kier molecular flexibility index (Phi) is 4.48. The number of fused-ring (bicyclic) bond motifs is 1. The summed E-state index contributed by atoms with van der Waals surface area (Å²) >= 11 is 0. The summed E-state index contributed by atoms with van der Waals surface area (Å²) in [6, 6.07) is 10.2. The molecule has 1 atom stereocenters. The van der Waals surface area contributed by atoms with E-state index in [9.17, 15) is 5.11 Å². The maximum absolute atomic E-state index is 10.9. The highest BCUT2D eigenvalue weighted by molar-refractivity contribution is 5.44. The Morgan fingerprint density at radius 2 is 1.96 bits per heavy atom. The van der Waals surface area contributed by atoms with E-state index in [1.807, 2.05) is 42.7 Å². The number of H-pyrrole nitrogens is 1. The molecule has 0 saturated carbocycles. The van der Waals surface area contributed by atoms with Gasteiger partial charge in [-0.1, -0.05) is 39.0 Å². The Morgan fingerprint density at radius 1 is 1.19 bits per heavy atom. The van der Waals surface area contributed by atoms with Gasteiger partial charge < -0.3 is 10.1 Å². The van der Waals surface area contributed by atoms with Crippen LogP contribution in [0.3, 0.4) is 0 Å². The molecule has 0 unspecified atom stereocenters. The number of phenols is 1. The van der Waals surface area contributed by atoms with Crippen LogP contribution in [0, 0.1) is 0 Å². The molecule has 3 heterocycles. The van der Waals surface area contributed by atoms with Crippen molar-refractivity contribution in [2.75, 3.05) is 6.54 Å². The van der Waals surface area contributed by atoms with E-state index in [1.54, 1.807) is 6.33 Å². The summed E-state index contributed by atoms with van der Waals surface area (Å²) < 4.78 is 0. The Balaban J connectivity index is 1.72. The summed E-state index contributed by atoms with van der Waals surface area (Å²) in [4.78, 5) is 14.4. The number of hydrogen-bond donors (Lipinski definition) is 2. The fraction of sp³-hybridized carbons (Fsp3) is 0.364. The van der Waals surface area contributed by atoms with Crippen molar-refractivity contribution in [3.8, 4) is 5.75 Å². The number of nitrogens with zero attached hydrogens (tertiary/aromatic N) is 3. The zero-order chi connectivity index (χ0) is 19.0. The van der Waals surface area contributed by atoms with E-state index >= 15 is 0 Å². The number of para-hydroxylation sites is 1. The SMILES string of the molecule is CC(C)(C)c1cccc(CN2CCc3[nH]cnc3[C@@H]2c2ccncc2)c1O. The van der Waals surface area contributed by atoms with Crippen LogP contribution in [0.25, 0.3) is 0 Å². The number of hydrogen-bond acceptors (Lipinski definition) is 4.